The van der Waals surface area contributed by atoms with Crippen molar-refractivity contribution in [2.75, 3.05) is 6.54 Å². The summed E-state index contributed by atoms with van der Waals surface area (Å²) in [4.78, 5) is 6.13. The van der Waals surface area contributed by atoms with Crippen molar-refractivity contribution in [3.8, 4) is 10.8 Å². The second-order valence-corrected chi connectivity index (χ2v) is 9.21. The van der Waals surface area contributed by atoms with Gasteiger partial charge >= 0.3 is 0 Å². The monoisotopic (exact) mass is 393 g/mol. The van der Waals surface area contributed by atoms with Crippen LogP contribution in [0.1, 0.15) is 41.0 Å². The number of thiophene rings is 2. The third kappa shape index (κ3) is 3.97. The molecule has 7 heteroatoms. The van der Waals surface area contributed by atoms with Gasteiger partial charge in [0, 0.05) is 16.3 Å². The summed E-state index contributed by atoms with van der Waals surface area (Å²) in [6, 6.07) is 6.26. The van der Waals surface area contributed by atoms with Crippen LogP contribution in [0.4, 0.5) is 0 Å². The molecule has 0 N–H and O–H groups in total. The van der Waals surface area contributed by atoms with Crippen LogP contribution in [0.15, 0.2) is 22.6 Å². The number of hydrogen-bond donors (Lipinski definition) is 0. The van der Waals surface area contributed by atoms with Crippen LogP contribution < -0.4 is 0 Å². The van der Waals surface area contributed by atoms with Gasteiger partial charge in [0.25, 0.3) is 5.89 Å². The average molecular weight is 394 g/mol. The van der Waals surface area contributed by atoms with Crippen LogP contribution in [0.25, 0.3) is 10.8 Å². The van der Waals surface area contributed by atoms with Gasteiger partial charge in [-0.2, -0.15) is 0 Å². The molecule has 1 aliphatic carbocycles. The third-order valence-electron chi connectivity index (χ3n) is 4.49. The molecule has 0 amide bonds. The second kappa shape index (κ2) is 7.58. The minimum absolute atomic E-state index is 0.657. The molecule has 4 nitrogen and oxygen atoms in total. The van der Waals surface area contributed by atoms with E-state index < -0.39 is 0 Å². The van der Waals surface area contributed by atoms with Gasteiger partial charge in [0.05, 0.1) is 15.8 Å². The van der Waals surface area contributed by atoms with Crippen molar-refractivity contribution >= 4 is 34.3 Å². The normalized spacial score (nSPS) is 14.2. The first-order chi connectivity index (χ1) is 12.2. The first-order valence-corrected chi connectivity index (χ1v) is 10.6. The summed E-state index contributed by atoms with van der Waals surface area (Å²) in [6.07, 6.45) is 4.95. The molecule has 0 atom stereocenters. The van der Waals surface area contributed by atoms with E-state index in [4.69, 9.17) is 16.0 Å². The van der Waals surface area contributed by atoms with Crippen molar-refractivity contribution in [3.63, 3.8) is 0 Å². The Balaban J connectivity index is 1.45. The molecule has 0 aliphatic heterocycles. The van der Waals surface area contributed by atoms with Gasteiger partial charge in [0.1, 0.15) is 0 Å². The molecule has 3 heterocycles. The highest BCUT2D eigenvalue weighted by molar-refractivity contribution is 7.16. The zero-order chi connectivity index (χ0) is 17.2. The zero-order valence-electron chi connectivity index (χ0n) is 14.1. The van der Waals surface area contributed by atoms with Gasteiger partial charge in [-0.15, -0.1) is 32.9 Å². The molecule has 0 radical (unpaired) electrons. The molecule has 0 bridgehead atoms. The van der Waals surface area contributed by atoms with Crippen molar-refractivity contribution in [1.29, 1.82) is 0 Å². The molecule has 3 aromatic heterocycles. The molecule has 0 saturated carbocycles. The fourth-order valence-corrected chi connectivity index (χ4v) is 5.45. The number of nitrogens with zero attached hydrogens (tertiary/aromatic N) is 3. The van der Waals surface area contributed by atoms with Crippen LogP contribution >= 0.6 is 34.3 Å². The Morgan fingerprint density at radius 2 is 2.04 bits per heavy atom. The average Bonchev–Trinajstić information content (AvgIpc) is 3.33. The van der Waals surface area contributed by atoms with E-state index in [1.54, 1.807) is 11.3 Å². The first kappa shape index (κ1) is 17.2. The van der Waals surface area contributed by atoms with Crippen molar-refractivity contribution in [2.45, 2.75) is 45.7 Å². The molecule has 4 rings (SSSR count). The first-order valence-electron chi connectivity index (χ1n) is 8.62. The van der Waals surface area contributed by atoms with E-state index in [9.17, 15) is 0 Å². The molecule has 0 spiro atoms. The Kier molecular flexibility index (Phi) is 5.22. The van der Waals surface area contributed by atoms with E-state index in [1.807, 2.05) is 17.4 Å². The Morgan fingerprint density at radius 1 is 1.16 bits per heavy atom. The van der Waals surface area contributed by atoms with E-state index in [0.717, 1.165) is 22.3 Å². The minimum Gasteiger partial charge on any atom is -0.419 e. The lowest BCUT2D eigenvalue weighted by Crippen LogP contribution is -2.21. The van der Waals surface area contributed by atoms with Crippen molar-refractivity contribution in [3.05, 3.63) is 43.7 Å². The number of halogens is 1. The summed E-state index contributed by atoms with van der Waals surface area (Å²) in [6.45, 7) is 4.56. The highest BCUT2D eigenvalue weighted by Gasteiger charge is 2.18. The maximum atomic E-state index is 6.02. The summed E-state index contributed by atoms with van der Waals surface area (Å²) in [7, 11) is 0. The predicted octanol–water partition coefficient (Wildman–Crippen LogP) is 5.41. The van der Waals surface area contributed by atoms with E-state index in [1.165, 1.54) is 41.0 Å². The maximum absolute atomic E-state index is 6.02. The molecule has 132 valence electrons. The lowest BCUT2D eigenvalue weighted by atomic mass is 9.99. The van der Waals surface area contributed by atoms with Crippen molar-refractivity contribution in [1.82, 2.24) is 15.1 Å². The molecule has 25 heavy (non-hydrogen) atoms. The van der Waals surface area contributed by atoms with Gasteiger partial charge in [-0.25, -0.2) is 0 Å². The molecular weight excluding hydrogens is 374 g/mol. The fraction of sp³-hybridized carbons (Fsp3) is 0.444. The Labute approximate surface area is 160 Å². The largest absolute Gasteiger partial charge is 0.419 e. The highest BCUT2D eigenvalue weighted by Crippen LogP contribution is 2.35. The van der Waals surface area contributed by atoms with Crippen LogP contribution in [0.2, 0.25) is 4.34 Å². The van der Waals surface area contributed by atoms with Crippen LogP contribution in [-0.4, -0.2) is 21.6 Å². The molecule has 0 unspecified atom stereocenters. The van der Waals surface area contributed by atoms with Gasteiger partial charge < -0.3 is 4.42 Å². The summed E-state index contributed by atoms with van der Waals surface area (Å²) >= 11 is 9.45. The van der Waals surface area contributed by atoms with E-state index >= 15 is 0 Å². The summed E-state index contributed by atoms with van der Waals surface area (Å²) in [5.41, 5.74) is 1.47. The third-order valence-corrected chi connectivity index (χ3v) is 6.93. The number of hydrogen-bond acceptors (Lipinski definition) is 6. The Bertz CT molecular complexity index is 831. The van der Waals surface area contributed by atoms with Crippen LogP contribution in [0, 0.1) is 0 Å². The van der Waals surface area contributed by atoms with Gasteiger partial charge in [-0.1, -0.05) is 18.5 Å². The predicted molar refractivity (Wildman–Crippen MR) is 103 cm³/mol. The molecule has 0 aromatic carbocycles. The molecule has 1 aliphatic rings. The SMILES string of the molecule is CCN(Cc1nnc(-c2cc3c(s2)CCCC3)o1)Cc1ccc(Cl)s1. The van der Waals surface area contributed by atoms with E-state index in [0.29, 0.717) is 18.3 Å². The van der Waals surface area contributed by atoms with Crippen LogP contribution in [-0.2, 0) is 25.9 Å². The number of fused-ring (bicyclic) bond motifs is 1. The quantitative estimate of drug-likeness (QED) is 0.561. The highest BCUT2D eigenvalue weighted by atomic mass is 35.5. The standard InChI is InChI=1S/C18H20ClN3OS2/c1-2-22(10-13-7-8-16(19)24-13)11-17-20-21-18(23-17)15-9-12-5-3-4-6-14(12)25-15/h7-9H,2-6,10-11H2,1H3. The van der Waals surface area contributed by atoms with E-state index in [2.05, 4.69) is 34.2 Å². The summed E-state index contributed by atoms with van der Waals surface area (Å²) in [5, 5.41) is 8.54. The van der Waals surface area contributed by atoms with Crippen molar-refractivity contribution in [2.24, 2.45) is 0 Å². The smallest absolute Gasteiger partial charge is 0.257 e. The Morgan fingerprint density at radius 3 is 2.80 bits per heavy atom. The lowest BCUT2D eigenvalue weighted by Gasteiger charge is -2.16. The topological polar surface area (TPSA) is 42.2 Å². The second-order valence-electron chi connectivity index (χ2n) is 6.28. The van der Waals surface area contributed by atoms with Gasteiger partial charge in [-0.05, 0) is 56.0 Å². The van der Waals surface area contributed by atoms with E-state index in [-0.39, 0.29) is 0 Å². The number of rotatable bonds is 6. The molecule has 3 aromatic rings. The van der Waals surface area contributed by atoms with Crippen LogP contribution in [0.5, 0.6) is 0 Å². The Hall–Kier alpha value is -1.21. The van der Waals surface area contributed by atoms with Crippen LogP contribution in [0.3, 0.4) is 0 Å². The maximum Gasteiger partial charge on any atom is 0.257 e. The fourth-order valence-electron chi connectivity index (χ4n) is 3.14. The number of aryl methyl sites for hydroxylation is 2. The van der Waals surface area contributed by atoms with Gasteiger partial charge in [0.15, 0.2) is 0 Å². The summed E-state index contributed by atoms with van der Waals surface area (Å²) < 4.78 is 6.77. The van der Waals surface area contributed by atoms with Gasteiger partial charge in [-0.3, -0.25) is 4.90 Å². The number of aromatic nitrogens is 2. The lowest BCUT2D eigenvalue weighted by molar-refractivity contribution is 0.245. The van der Waals surface area contributed by atoms with Gasteiger partial charge in [0.2, 0.25) is 5.89 Å². The molecule has 0 saturated heterocycles. The molecular formula is C18H20ClN3OS2. The minimum atomic E-state index is 0.657. The van der Waals surface area contributed by atoms with Crippen molar-refractivity contribution < 1.29 is 4.42 Å². The summed E-state index contributed by atoms with van der Waals surface area (Å²) in [5.74, 6) is 1.33. The molecule has 0 fully saturated rings. The zero-order valence-corrected chi connectivity index (χ0v) is 16.5.